The van der Waals surface area contributed by atoms with Crippen molar-refractivity contribution in [3.05, 3.63) is 71.1 Å². The van der Waals surface area contributed by atoms with Gasteiger partial charge in [-0.15, -0.1) is 11.3 Å². The van der Waals surface area contributed by atoms with Gasteiger partial charge in [0.15, 0.2) is 10.7 Å². The molecule has 0 saturated carbocycles. The molecule has 5 rings (SSSR count). The predicted molar refractivity (Wildman–Crippen MR) is 152 cm³/mol. The Bertz CT molecular complexity index is 1640. The standard InChI is InChI=1S/C28H28F3N5O3S2/c1-16(2)15-33-28-32-12-9-22(34-28)25-24(35-27(40-25)17-10-13-39-14-11-17)18-5-3-8-21(23(18)31)36-41(37,38)26-19(29)6-4-7-20(26)30/h3-9,12,16-17,36H,10-11,13-15H2,1-2H3,(H,32,33,34). The molecule has 1 aliphatic rings. The number of aromatic nitrogens is 3. The molecule has 41 heavy (non-hydrogen) atoms. The fraction of sp³-hybridized carbons (Fsp3) is 0.321. The van der Waals surface area contributed by atoms with E-state index in [0.29, 0.717) is 42.2 Å². The maximum Gasteiger partial charge on any atom is 0.267 e. The third kappa shape index (κ3) is 6.36. The van der Waals surface area contributed by atoms with Gasteiger partial charge in [-0.1, -0.05) is 26.0 Å². The quantitative estimate of drug-likeness (QED) is 0.227. The average Bonchev–Trinajstić information content (AvgIpc) is 3.39. The van der Waals surface area contributed by atoms with Gasteiger partial charge in [0, 0.05) is 37.4 Å². The Labute approximate surface area is 240 Å². The summed E-state index contributed by atoms with van der Waals surface area (Å²) in [5.74, 6) is -2.64. The molecule has 2 N–H and O–H groups in total. The number of benzene rings is 2. The lowest BCUT2D eigenvalue weighted by Gasteiger charge is -2.19. The van der Waals surface area contributed by atoms with Gasteiger partial charge in [0.25, 0.3) is 10.0 Å². The van der Waals surface area contributed by atoms with Gasteiger partial charge >= 0.3 is 0 Å². The van der Waals surface area contributed by atoms with Crippen molar-refractivity contribution in [3.63, 3.8) is 0 Å². The Morgan fingerprint density at radius 1 is 1.02 bits per heavy atom. The lowest BCUT2D eigenvalue weighted by molar-refractivity contribution is 0.0853. The van der Waals surface area contributed by atoms with E-state index in [2.05, 4.69) is 29.1 Å². The first-order chi connectivity index (χ1) is 19.6. The van der Waals surface area contributed by atoms with E-state index in [1.54, 1.807) is 12.3 Å². The van der Waals surface area contributed by atoms with Gasteiger partial charge < -0.3 is 10.1 Å². The van der Waals surface area contributed by atoms with Gasteiger partial charge in [0.2, 0.25) is 5.95 Å². The van der Waals surface area contributed by atoms with Crippen LogP contribution in [0.25, 0.3) is 21.8 Å². The summed E-state index contributed by atoms with van der Waals surface area (Å²) in [5, 5.41) is 3.97. The molecule has 0 unspecified atom stereocenters. The molecule has 3 heterocycles. The number of nitrogens with one attached hydrogen (secondary N) is 2. The van der Waals surface area contributed by atoms with Gasteiger partial charge in [-0.25, -0.2) is 36.5 Å². The van der Waals surface area contributed by atoms with Crippen LogP contribution >= 0.6 is 11.3 Å². The molecule has 0 aliphatic carbocycles. The number of rotatable bonds is 9. The zero-order chi connectivity index (χ0) is 29.1. The third-order valence-corrected chi connectivity index (χ3v) is 9.11. The molecule has 216 valence electrons. The van der Waals surface area contributed by atoms with E-state index in [4.69, 9.17) is 9.72 Å². The number of sulfonamides is 1. The molecule has 1 saturated heterocycles. The molecule has 0 atom stereocenters. The minimum atomic E-state index is -4.79. The van der Waals surface area contributed by atoms with E-state index in [1.165, 1.54) is 29.5 Å². The van der Waals surface area contributed by atoms with Crippen molar-refractivity contribution in [2.24, 2.45) is 5.92 Å². The molecular formula is C28H28F3N5O3S2. The lowest BCUT2D eigenvalue weighted by Crippen LogP contribution is -2.17. The van der Waals surface area contributed by atoms with Crippen molar-refractivity contribution in [2.45, 2.75) is 37.5 Å². The van der Waals surface area contributed by atoms with Crippen molar-refractivity contribution in [1.29, 1.82) is 0 Å². The van der Waals surface area contributed by atoms with Crippen molar-refractivity contribution >= 4 is 33.0 Å². The summed E-state index contributed by atoms with van der Waals surface area (Å²) in [6, 6.07) is 8.48. The Kier molecular flexibility index (Phi) is 8.57. The largest absolute Gasteiger partial charge is 0.381 e. The van der Waals surface area contributed by atoms with Crippen molar-refractivity contribution in [3.8, 4) is 21.8 Å². The maximum absolute atomic E-state index is 16.0. The van der Waals surface area contributed by atoms with E-state index in [0.717, 1.165) is 36.0 Å². The number of thiazole rings is 1. The summed E-state index contributed by atoms with van der Waals surface area (Å²) in [7, 11) is -4.79. The summed E-state index contributed by atoms with van der Waals surface area (Å²) < 4.78 is 77.8. The van der Waals surface area contributed by atoms with Crippen LogP contribution in [0.3, 0.4) is 0 Å². The number of halogens is 3. The molecule has 0 spiro atoms. The predicted octanol–water partition coefficient (Wildman–Crippen LogP) is 6.45. The molecule has 2 aromatic carbocycles. The molecular weight excluding hydrogens is 575 g/mol. The van der Waals surface area contributed by atoms with Crippen molar-refractivity contribution in [2.75, 3.05) is 29.8 Å². The van der Waals surface area contributed by atoms with Crippen LogP contribution in [0.15, 0.2) is 53.6 Å². The number of hydrogen-bond donors (Lipinski definition) is 2. The number of ether oxygens (including phenoxy) is 1. The highest BCUT2D eigenvalue weighted by Gasteiger charge is 2.28. The average molecular weight is 604 g/mol. The van der Waals surface area contributed by atoms with Gasteiger partial charge in [-0.05, 0) is 49.1 Å². The molecule has 2 aromatic heterocycles. The molecule has 0 radical (unpaired) electrons. The second-order valence-electron chi connectivity index (χ2n) is 9.98. The first kappa shape index (κ1) is 29.0. The van der Waals surface area contributed by atoms with Crippen LogP contribution in [-0.2, 0) is 14.8 Å². The lowest BCUT2D eigenvalue weighted by atomic mass is 10.0. The first-order valence-electron chi connectivity index (χ1n) is 13.1. The Morgan fingerprint density at radius 3 is 2.44 bits per heavy atom. The Hall–Kier alpha value is -3.55. The van der Waals surface area contributed by atoms with Crippen LogP contribution < -0.4 is 10.0 Å². The smallest absolute Gasteiger partial charge is 0.267 e. The molecule has 8 nitrogen and oxygen atoms in total. The highest BCUT2D eigenvalue weighted by molar-refractivity contribution is 7.92. The molecule has 1 fully saturated rings. The maximum atomic E-state index is 16.0. The van der Waals surface area contributed by atoms with E-state index in [9.17, 15) is 17.2 Å². The fourth-order valence-corrected chi connectivity index (χ4v) is 6.82. The van der Waals surface area contributed by atoms with Gasteiger partial charge in [0.1, 0.15) is 11.6 Å². The van der Waals surface area contributed by atoms with Gasteiger partial charge in [-0.2, -0.15) is 0 Å². The monoisotopic (exact) mass is 603 g/mol. The molecule has 13 heteroatoms. The second-order valence-corrected chi connectivity index (χ2v) is 12.6. The van der Waals surface area contributed by atoms with Gasteiger partial charge in [0.05, 0.1) is 27.0 Å². The zero-order valence-corrected chi connectivity index (χ0v) is 24.0. The van der Waals surface area contributed by atoms with Crippen LogP contribution in [0.1, 0.15) is 37.6 Å². The number of anilines is 2. The normalized spacial score (nSPS) is 14.4. The molecule has 0 bridgehead atoms. The summed E-state index contributed by atoms with van der Waals surface area (Å²) in [5.41, 5.74) is 0.342. The topological polar surface area (TPSA) is 106 Å². The van der Waals surface area contributed by atoms with Crippen LogP contribution in [0.5, 0.6) is 0 Å². The second kappa shape index (κ2) is 12.1. The minimum Gasteiger partial charge on any atom is -0.381 e. The Balaban J connectivity index is 1.58. The van der Waals surface area contributed by atoms with E-state index in [1.807, 2.05) is 4.72 Å². The van der Waals surface area contributed by atoms with E-state index >= 15 is 4.39 Å². The highest BCUT2D eigenvalue weighted by Crippen LogP contribution is 2.42. The Morgan fingerprint density at radius 2 is 1.73 bits per heavy atom. The molecule has 0 amide bonds. The van der Waals surface area contributed by atoms with Crippen LogP contribution in [-0.4, -0.2) is 43.1 Å². The SMILES string of the molecule is CC(C)CNc1nccc(-c2sc(C3CCOCC3)nc2-c2cccc(NS(=O)(=O)c3c(F)cccc3F)c2F)n1. The summed E-state index contributed by atoms with van der Waals surface area (Å²) >= 11 is 1.39. The summed E-state index contributed by atoms with van der Waals surface area (Å²) in [6.45, 7) is 5.95. The summed E-state index contributed by atoms with van der Waals surface area (Å²) in [4.78, 5) is 13.1. The van der Waals surface area contributed by atoms with E-state index < -0.39 is 38.1 Å². The van der Waals surface area contributed by atoms with Crippen LogP contribution in [0.2, 0.25) is 0 Å². The number of hydrogen-bond acceptors (Lipinski definition) is 8. The highest BCUT2D eigenvalue weighted by atomic mass is 32.2. The summed E-state index contributed by atoms with van der Waals surface area (Å²) in [6.07, 6.45) is 3.12. The van der Waals surface area contributed by atoms with Crippen LogP contribution in [0.4, 0.5) is 24.8 Å². The molecule has 4 aromatic rings. The third-order valence-electron chi connectivity index (χ3n) is 6.46. The zero-order valence-electron chi connectivity index (χ0n) is 22.3. The first-order valence-corrected chi connectivity index (χ1v) is 15.4. The fourth-order valence-electron chi connectivity index (χ4n) is 4.41. The number of nitrogens with zero attached hydrogens (tertiary/aromatic N) is 3. The van der Waals surface area contributed by atoms with Crippen molar-refractivity contribution in [1.82, 2.24) is 15.0 Å². The van der Waals surface area contributed by atoms with E-state index in [-0.39, 0.29) is 17.2 Å². The van der Waals surface area contributed by atoms with Gasteiger partial charge in [-0.3, -0.25) is 4.72 Å². The van der Waals surface area contributed by atoms with Crippen LogP contribution in [0, 0.1) is 23.4 Å². The van der Waals surface area contributed by atoms with Crippen molar-refractivity contribution < 1.29 is 26.3 Å². The minimum absolute atomic E-state index is 0.0130. The molecule has 1 aliphatic heterocycles.